The fourth-order valence-electron chi connectivity index (χ4n) is 2.40. The molecule has 0 aromatic carbocycles. The molecule has 90 valence electrons. The van der Waals surface area contributed by atoms with Crippen molar-refractivity contribution in [2.45, 2.75) is 45.1 Å². The number of hydrogen-bond acceptors (Lipinski definition) is 2. The van der Waals surface area contributed by atoms with E-state index < -0.39 is 0 Å². The van der Waals surface area contributed by atoms with Crippen molar-refractivity contribution in [3.05, 3.63) is 20.8 Å². The largest absolute Gasteiger partial charge is 0.309 e. The minimum atomic E-state index is 0.498. The lowest BCUT2D eigenvalue weighted by molar-refractivity contribution is 0.332. The Hall–Kier alpha value is 0.140. The van der Waals surface area contributed by atoms with Gasteiger partial charge in [0.1, 0.15) is 0 Å². The molecule has 16 heavy (non-hydrogen) atoms. The summed E-state index contributed by atoms with van der Waals surface area (Å²) in [7, 11) is 0. The molecule has 0 saturated heterocycles. The van der Waals surface area contributed by atoms with Crippen LogP contribution in [0.4, 0.5) is 0 Å². The molecule has 1 atom stereocenters. The molecule has 0 spiro atoms. The molecule has 1 aliphatic rings. The van der Waals surface area contributed by atoms with Crippen LogP contribution >= 0.6 is 27.3 Å². The van der Waals surface area contributed by atoms with Crippen molar-refractivity contribution in [1.29, 1.82) is 0 Å². The highest BCUT2D eigenvalue weighted by molar-refractivity contribution is 9.11. The van der Waals surface area contributed by atoms with E-state index in [0.29, 0.717) is 6.04 Å². The van der Waals surface area contributed by atoms with Crippen LogP contribution < -0.4 is 5.32 Å². The van der Waals surface area contributed by atoms with Crippen molar-refractivity contribution in [2.75, 3.05) is 6.54 Å². The molecule has 1 aliphatic carbocycles. The minimum Gasteiger partial charge on any atom is -0.309 e. The van der Waals surface area contributed by atoms with Gasteiger partial charge in [0.15, 0.2) is 0 Å². The van der Waals surface area contributed by atoms with E-state index in [1.54, 1.807) is 0 Å². The Balaban J connectivity index is 1.76. The molecule has 1 aromatic rings. The van der Waals surface area contributed by atoms with E-state index in [9.17, 15) is 0 Å². The summed E-state index contributed by atoms with van der Waals surface area (Å²) in [6.07, 6.45) is 7.17. The summed E-state index contributed by atoms with van der Waals surface area (Å²) in [4.78, 5) is 1.43. The zero-order valence-corrected chi connectivity index (χ0v) is 12.2. The lowest BCUT2D eigenvalue weighted by Gasteiger charge is -2.23. The number of halogens is 1. The fraction of sp³-hybridized carbons (Fsp3) is 0.692. The van der Waals surface area contributed by atoms with E-state index in [-0.39, 0.29) is 0 Å². The first-order chi connectivity index (χ1) is 7.75. The highest BCUT2D eigenvalue weighted by atomic mass is 79.9. The van der Waals surface area contributed by atoms with E-state index in [1.807, 2.05) is 11.3 Å². The number of hydrogen-bond donors (Lipinski definition) is 1. The standard InChI is InChI=1S/C13H20BrNS/c1-10(12-7-8-13(14)16-12)15-9-11-5-3-2-4-6-11/h7-8,10-11,15H,2-6,9H2,1H3. The Bertz CT molecular complexity index is 317. The average Bonchev–Trinajstić information content (AvgIpc) is 2.74. The molecule has 1 fully saturated rings. The van der Waals surface area contributed by atoms with Gasteiger partial charge in [-0.15, -0.1) is 11.3 Å². The lowest BCUT2D eigenvalue weighted by atomic mass is 9.89. The SMILES string of the molecule is CC(NCC1CCCCC1)c1ccc(Br)s1. The van der Waals surface area contributed by atoms with Crippen molar-refractivity contribution in [2.24, 2.45) is 5.92 Å². The van der Waals surface area contributed by atoms with Gasteiger partial charge in [0.25, 0.3) is 0 Å². The molecule has 2 rings (SSSR count). The van der Waals surface area contributed by atoms with Crippen LogP contribution in [0.2, 0.25) is 0 Å². The second kappa shape index (κ2) is 6.18. The predicted octanol–water partition coefficient (Wildman–Crippen LogP) is 4.74. The third-order valence-electron chi connectivity index (χ3n) is 3.46. The monoisotopic (exact) mass is 301 g/mol. The van der Waals surface area contributed by atoms with Gasteiger partial charge in [-0.05, 0) is 60.3 Å². The molecule has 1 nitrogen and oxygen atoms in total. The Labute approximate surface area is 111 Å². The zero-order valence-electron chi connectivity index (χ0n) is 9.84. The van der Waals surface area contributed by atoms with Gasteiger partial charge in [0, 0.05) is 10.9 Å². The topological polar surface area (TPSA) is 12.0 Å². The van der Waals surface area contributed by atoms with Gasteiger partial charge >= 0.3 is 0 Å². The second-order valence-electron chi connectivity index (χ2n) is 4.78. The molecular formula is C13H20BrNS. The van der Waals surface area contributed by atoms with E-state index in [1.165, 1.54) is 47.3 Å². The molecule has 1 unspecified atom stereocenters. The summed E-state index contributed by atoms with van der Waals surface area (Å²) in [5.41, 5.74) is 0. The molecule has 1 saturated carbocycles. The van der Waals surface area contributed by atoms with Gasteiger partial charge in [-0.1, -0.05) is 19.3 Å². The first-order valence-corrected chi connectivity index (χ1v) is 7.85. The maximum atomic E-state index is 3.67. The fourth-order valence-corrected chi connectivity index (χ4v) is 3.85. The summed E-state index contributed by atoms with van der Waals surface area (Å²) in [6.45, 7) is 3.46. The van der Waals surface area contributed by atoms with Crippen LogP contribution in [0.15, 0.2) is 15.9 Å². The molecule has 0 radical (unpaired) electrons. The van der Waals surface area contributed by atoms with Gasteiger partial charge in [-0.3, -0.25) is 0 Å². The molecule has 1 aromatic heterocycles. The van der Waals surface area contributed by atoms with E-state index in [4.69, 9.17) is 0 Å². The minimum absolute atomic E-state index is 0.498. The summed E-state index contributed by atoms with van der Waals surface area (Å²) >= 11 is 5.36. The van der Waals surface area contributed by atoms with Crippen LogP contribution in [-0.4, -0.2) is 6.54 Å². The van der Waals surface area contributed by atoms with Crippen LogP contribution in [0.5, 0.6) is 0 Å². The first kappa shape index (κ1) is 12.6. The van der Waals surface area contributed by atoms with Crippen molar-refractivity contribution < 1.29 is 0 Å². The number of thiophene rings is 1. The number of nitrogens with one attached hydrogen (secondary N) is 1. The summed E-state index contributed by atoms with van der Waals surface area (Å²) < 4.78 is 1.23. The van der Waals surface area contributed by atoms with Crippen LogP contribution in [0.3, 0.4) is 0 Å². The van der Waals surface area contributed by atoms with Crippen LogP contribution in [0.25, 0.3) is 0 Å². The molecule has 3 heteroatoms. The maximum absolute atomic E-state index is 3.67. The number of rotatable bonds is 4. The first-order valence-electron chi connectivity index (χ1n) is 6.24. The quantitative estimate of drug-likeness (QED) is 0.847. The van der Waals surface area contributed by atoms with Crippen molar-refractivity contribution in [3.63, 3.8) is 0 Å². The smallest absolute Gasteiger partial charge is 0.0701 e. The van der Waals surface area contributed by atoms with Crippen molar-refractivity contribution in [1.82, 2.24) is 5.32 Å². The van der Waals surface area contributed by atoms with Gasteiger partial charge in [-0.25, -0.2) is 0 Å². The highest BCUT2D eigenvalue weighted by Gasteiger charge is 2.15. The third kappa shape index (κ3) is 3.57. The van der Waals surface area contributed by atoms with Crippen molar-refractivity contribution >= 4 is 27.3 Å². The van der Waals surface area contributed by atoms with Crippen molar-refractivity contribution in [3.8, 4) is 0 Å². The zero-order chi connectivity index (χ0) is 11.4. The average molecular weight is 302 g/mol. The van der Waals surface area contributed by atoms with E-state index in [2.05, 4.69) is 40.3 Å². The molecule has 1 N–H and O–H groups in total. The Kier molecular flexibility index (Phi) is 4.86. The molecule has 0 aliphatic heterocycles. The van der Waals surface area contributed by atoms with Crippen LogP contribution in [-0.2, 0) is 0 Å². The van der Waals surface area contributed by atoms with E-state index >= 15 is 0 Å². The van der Waals surface area contributed by atoms with Gasteiger partial charge in [0.2, 0.25) is 0 Å². The molecule has 0 bridgehead atoms. The summed E-state index contributed by atoms with van der Waals surface area (Å²) in [6, 6.07) is 4.85. The highest BCUT2D eigenvalue weighted by Crippen LogP contribution is 2.28. The Morgan fingerprint density at radius 2 is 2.12 bits per heavy atom. The van der Waals surface area contributed by atoms with Crippen LogP contribution in [0.1, 0.15) is 49.9 Å². The van der Waals surface area contributed by atoms with Gasteiger partial charge < -0.3 is 5.32 Å². The third-order valence-corrected chi connectivity index (χ3v) is 5.26. The Morgan fingerprint density at radius 1 is 1.38 bits per heavy atom. The van der Waals surface area contributed by atoms with E-state index in [0.717, 1.165) is 5.92 Å². The molecule has 0 amide bonds. The van der Waals surface area contributed by atoms with Gasteiger partial charge in [-0.2, -0.15) is 0 Å². The predicted molar refractivity (Wildman–Crippen MR) is 75.0 cm³/mol. The van der Waals surface area contributed by atoms with Crippen LogP contribution in [0, 0.1) is 5.92 Å². The summed E-state index contributed by atoms with van der Waals surface area (Å²) in [5.74, 6) is 0.916. The normalized spacial score (nSPS) is 19.9. The molecule has 1 heterocycles. The second-order valence-corrected chi connectivity index (χ2v) is 7.27. The van der Waals surface area contributed by atoms with Gasteiger partial charge in [0.05, 0.1) is 3.79 Å². The maximum Gasteiger partial charge on any atom is 0.0701 e. The Morgan fingerprint density at radius 3 is 2.75 bits per heavy atom. The molecular weight excluding hydrogens is 282 g/mol. The summed E-state index contributed by atoms with van der Waals surface area (Å²) in [5, 5.41) is 3.67. The lowest BCUT2D eigenvalue weighted by Crippen LogP contribution is -2.26.